The molecule has 3 rings (SSSR count). The molecule has 2 saturated carbocycles. The Bertz CT molecular complexity index is 445. The molecule has 0 bridgehead atoms. The summed E-state index contributed by atoms with van der Waals surface area (Å²) in [5, 5.41) is 14.3. The largest absolute Gasteiger partial charge is 0.439 e. The Morgan fingerprint density at radius 1 is 1.32 bits per heavy atom. The molecule has 1 aliphatic heterocycles. The number of amides is 1. The highest BCUT2D eigenvalue weighted by Crippen LogP contribution is 2.49. The van der Waals surface area contributed by atoms with Gasteiger partial charge in [-0.2, -0.15) is 23.3 Å². The van der Waals surface area contributed by atoms with Crippen LogP contribution < -0.4 is 0 Å². The van der Waals surface area contributed by atoms with E-state index >= 15 is 0 Å². The first-order valence-corrected chi connectivity index (χ1v) is 6.56. The number of alkyl halides is 3. The highest BCUT2D eigenvalue weighted by molar-refractivity contribution is 5.94. The van der Waals surface area contributed by atoms with Gasteiger partial charge in [0, 0.05) is 11.6 Å². The van der Waals surface area contributed by atoms with Crippen LogP contribution in [0, 0.1) is 11.8 Å². The molecule has 19 heavy (non-hydrogen) atoms. The van der Waals surface area contributed by atoms with Crippen molar-refractivity contribution in [1.29, 1.82) is 0 Å². The molecule has 0 unspecified atom stereocenters. The fourth-order valence-corrected chi connectivity index (χ4v) is 2.94. The third-order valence-electron chi connectivity index (χ3n) is 4.17. The van der Waals surface area contributed by atoms with E-state index in [1.54, 1.807) is 0 Å². The minimum Gasteiger partial charge on any atom is -0.362 e. The quantitative estimate of drug-likeness (QED) is 0.796. The van der Waals surface area contributed by atoms with Gasteiger partial charge in [-0.15, -0.1) is 0 Å². The van der Waals surface area contributed by atoms with E-state index in [0.717, 1.165) is 6.42 Å². The molecule has 0 aromatic rings. The van der Waals surface area contributed by atoms with Crippen molar-refractivity contribution in [3.63, 3.8) is 0 Å². The Morgan fingerprint density at radius 2 is 2.00 bits per heavy atom. The van der Waals surface area contributed by atoms with Crippen LogP contribution in [0.3, 0.4) is 0 Å². The highest BCUT2D eigenvalue weighted by atomic mass is 19.4. The number of halogens is 3. The maximum absolute atomic E-state index is 13.3. The lowest BCUT2D eigenvalue weighted by Crippen LogP contribution is -2.61. The zero-order chi connectivity index (χ0) is 13.8. The van der Waals surface area contributed by atoms with Gasteiger partial charge in [0.05, 0.1) is 5.92 Å². The normalized spacial score (nSPS) is 35.1. The molecule has 7 heteroatoms. The van der Waals surface area contributed by atoms with Gasteiger partial charge < -0.3 is 5.11 Å². The Hall–Kier alpha value is -1.11. The third-order valence-corrected chi connectivity index (χ3v) is 4.17. The Kier molecular flexibility index (Phi) is 2.68. The fourth-order valence-electron chi connectivity index (χ4n) is 2.94. The van der Waals surface area contributed by atoms with Gasteiger partial charge in [0.15, 0.2) is 0 Å². The summed E-state index contributed by atoms with van der Waals surface area (Å²) < 4.78 is 39.9. The molecule has 1 amide bonds. The molecule has 0 radical (unpaired) electrons. The van der Waals surface area contributed by atoms with Crippen LogP contribution in [0.2, 0.25) is 0 Å². The second-order valence-corrected chi connectivity index (χ2v) is 5.54. The highest BCUT2D eigenvalue weighted by Gasteiger charge is 2.69. The van der Waals surface area contributed by atoms with E-state index in [9.17, 15) is 23.1 Å². The molecule has 1 N–H and O–H groups in total. The molecule has 2 aliphatic carbocycles. The van der Waals surface area contributed by atoms with Crippen LogP contribution in [0.5, 0.6) is 0 Å². The summed E-state index contributed by atoms with van der Waals surface area (Å²) >= 11 is 0. The van der Waals surface area contributed by atoms with Gasteiger partial charge in [0.25, 0.3) is 5.72 Å². The van der Waals surface area contributed by atoms with E-state index in [-0.39, 0.29) is 6.42 Å². The predicted molar refractivity (Wildman–Crippen MR) is 60.0 cm³/mol. The van der Waals surface area contributed by atoms with Crippen LogP contribution in [-0.4, -0.2) is 33.6 Å². The smallest absolute Gasteiger partial charge is 0.362 e. The SMILES string of the molecule is O=C(C1CC1)N1N=C2CCCC[C@@H]2[C@]1(O)C(F)(F)F. The Balaban J connectivity index is 1.99. The summed E-state index contributed by atoms with van der Waals surface area (Å²) in [6.07, 6.45) is -1.69. The van der Waals surface area contributed by atoms with Crippen LogP contribution in [0.15, 0.2) is 5.10 Å². The van der Waals surface area contributed by atoms with Crippen molar-refractivity contribution < 1.29 is 23.1 Å². The van der Waals surface area contributed by atoms with Crippen molar-refractivity contribution in [2.75, 3.05) is 0 Å². The van der Waals surface area contributed by atoms with Crippen molar-refractivity contribution in [3.05, 3.63) is 0 Å². The summed E-state index contributed by atoms with van der Waals surface area (Å²) in [6, 6.07) is 0. The van der Waals surface area contributed by atoms with Gasteiger partial charge in [-0.25, -0.2) is 0 Å². The van der Waals surface area contributed by atoms with Gasteiger partial charge >= 0.3 is 6.18 Å². The van der Waals surface area contributed by atoms with Crippen molar-refractivity contribution in [3.8, 4) is 0 Å². The van der Waals surface area contributed by atoms with Gasteiger partial charge in [0.1, 0.15) is 0 Å². The number of hydrazone groups is 1. The first-order valence-electron chi connectivity index (χ1n) is 6.56. The van der Waals surface area contributed by atoms with Crippen LogP contribution in [0.4, 0.5) is 13.2 Å². The fraction of sp³-hybridized carbons (Fsp3) is 0.833. The summed E-state index contributed by atoms with van der Waals surface area (Å²) in [6.45, 7) is 0. The molecular weight excluding hydrogens is 261 g/mol. The number of nitrogens with zero attached hydrogens (tertiary/aromatic N) is 2. The monoisotopic (exact) mass is 276 g/mol. The molecule has 0 saturated heterocycles. The number of carbonyl (C=O) groups excluding carboxylic acids is 1. The standard InChI is InChI=1S/C12H15F3N2O2/c13-12(14,15)11(19)8-3-1-2-4-9(8)16-17(11)10(18)7-5-6-7/h7-8,19H,1-6H2/t8-,11-/m0/s1. The average molecular weight is 276 g/mol. The molecule has 1 heterocycles. The molecule has 0 spiro atoms. The van der Waals surface area contributed by atoms with Crippen LogP contribution in [0.25, 0.3) is 0 Å². The Labute approximate surface area is 108 Å². The lowest BCUT2D eigenvalue weighted by molar-refractivity contribution is -0.317. The number of rotatable bonds is 1. The zero-order valence-corrected chi connectivity index (χ0v) is 10.3. The molecule has 0 aromatic carbocycles. The lowest BCUT2D eigenvalue weighted by atomic mass is 9.80. The van der Waals surface area contributed by atoms with Gasteiger partial charge in [-0.1, -0.05) is 6.42 Å². The van der Waals surface area contributed by atoms with Crippen molar-refractivity contribution >= 4 is 11.6 Å². The minimum atomic E-state index is -4.88. The van der Waals surface area contributed by atoms with E-state index in [4.69, 9.17) is 0 Å². The summed E-state index contributed by atoms with van der Waals surface area (Å²) in [4.78, 5) is 12.0. The first kappa shape index (κ1) is 12.9. The van der Waals surface area contributed by atoms with Crippen molar-refractivity contribution in [1.82, 2.24) is 5.01 Å². The summed E-state index contributed by atoms with van der Waals surface area (Å²) in [5.41, 5.74) is -2.82. The molecule has 4 nitrogen and oxygen atoms in total. The number of aliphatic hydroxyl groups is 1. The van der Waals surface area contributed by atoms with Gasteiger partial charge in [-0.05, 0) is 32.1 Å². The number of hydrogen-bond acceptors (Lipinski definition) is 3. The Morgan fingerprint density at radius 3 is 2.58 bits per heavy atom. The van der Waals surface area contributed by atoms with E-state index in [1.807, 2.05) is 0 Å². The van der Waals surface area contributed by atoms with Crippen molar-refractivity contribution in [2.45, 2.75) is 50.4 Å². The molecule has 3 aliphatic rings. The number of fused-ring (bicyclic) bond motifs is 1. The average Bonchev–Trinajstić information content (AvgIpc) is 3.13. The van der Waals surface area contributed by atoms with E-state index in [0.29, 0.717) is 36.4 Å². The number of carbonyl (C=O) groups is 1. The predicted octanol–water partition coefficient (Wildman–Crippen LogP) is 2.04. The maximum atomic E-state index is 13.3. The van der Waals surface area contributed by atoms with Crippen LogP contribution in [-0.2, 0) is 4.79 Å². The molecular formula is C12H15F3N2O2. The van der Waals surface area contributed by atoms with Crippen molar-refractivity contribution in [2.24, 2.45) is 16.9 Å². The van der Waals surface area contributed by atoms with Gasteiger partial charge in [0.2, 0.25) is 5.91 Å². The topological polar surface area (TPSA) is 52.9 Å². The maximum Gasteiger partial charge on any atom is 0.439 e. The summed E-state index contributed by atoms with van der Waals surface area (Å²) in [7, 11) is 0. The zero-order valence-electron chi connectivity index (χ0n) is 10.3. The molecule has 2 fully saturated rings. The summed E-state index contributed by atoms with van der Waals surface area (Å²) in [5.74, 6) is -2.19. The minimum absolute atomic E-state index is 0.225. The first-order chi connectivity index (χ1) is 8.85. The van der Waals surface area contributed by atoms with E-state index < -0.39 is 29.6 Å². The third kappa shape index (κ3) is 1.78. The van der Waals surface area contributed by atoms with E-state index in [1.165, 1.54) is 0 Å². The lowest BCUT2D eigenvalue weighted by Gasteiger charge is -2.38. The second-order valence-electron chi connectivity index (χ2n) is 5.54. The molecule has 0 aromatic heterocycles. The van der Waals surface area contributed by atoms with Crippen LogP contribution in [0.1, 0.15) is 38.5 Å². The molecule has 106 valence electrons. The van der Waals surface area contributed by atoms with Gasteiger partial charge in [-0.3, -0.25) is 4.79 Å². The number of hydrogen-bond donors (Lipinski definition) is 1. The molecule has 2 atom stereocenters. The van der Waals surface area contributed by atoms with E-state index in [2.05, 4.69) is 5.10 Å². The van der Waals surface area contributed by atoms with Crippen LogP contribution >= 0.6 is 0 Å². The second kappa shape index (κ2) is 3.94.